The van der Waals surface area contributed by atoms with E-state index in [2.05, 4.69) is 57.9 Å². The molecule has 0 saturated carbocycles. The van der Waals surface area contributed by atoms with Gasteiger partial charge in [-0.2, -0.15) is 0 Å². The normalized spacial score (nSPS) is 12.5. The summed E-state index contributed by atoms with van der Waals surface area (Å²) in [5, 5.41) is 0. The minimum atomic E-state index is 0.360. The van der Waals surface area contributed by atoms with Crippen LogP contribution < -0.4 is 0 Å². The lowest BCUT2D eigenvalue weighted by molar-refractivity contribution is 0.294. The standard InChI is InChI=1S/C12H14BrN/c1-4-9-14(3)10(2)11-5-7-12(13)8-6-11/h1,5-8,10H,9H2,2-3H3. The number of halogens is 1. The maximum atomic E-state index is 5.27. The summed E-state index contributed by atoms with van der Waals surface area (Å²) in [6.07, 6.45) is 5.27. The van der Waals surface area contributed by atoms with Crippen molar-refractivity contribution in [1.29, 1.82) is 0 Å². The molecule has 1 aromatic rings. The Morgan fingerprint density at radius 3 is 2.50 bits per heavy atom. The van der Waals surface area contributed by atoms with E-state index < -0.39 is 0 Å². The van der Waals surface area contributed by atoms with Crippen molar-refractivity contribution >= 4 is 15.9 Å². The Bertz CT molecular complexity index is 323. The highest BCUT2D eigenvalue weighted by molar-refractivity contribution is 9.10. The Morgan fingerprint density at radius 2 is 2.00 bits per heavy atom. The summed E-state index contributed by atoms with van der Waals surface area (Å²) in [4.78, 5) is 2.14. The smallest absolute Gasteiger partial charge is 0.0601 e. The zero-order valence-electron chi connectivity index (χ0n) is 8.50. The van der Waals surface area contributed by atoms with Gasteiger partial charge in [0.1, 0.15) is 0 Å². The molecule has 1 rings (SSSR count). The lowest BCUT2D eigenvalue weighted by Gasteiger charge is -2.22. The maximum Gasteiger partial charge on any atom is 0.0601 e. The summed E-state index contributed by atoms with van der Waals surface area (Å²) < 4.78 is 1.10. The van der Waals surface area contributed by atoms with Gasteiger partial charge in [-0.05, 0) is 31.7 Å². The third kappa shape index (κ3) is 2.87. The first-order chi connectivity index (χ1) is 6.65. The Morgan fingerprint density at radius 1 is 1.43 bits per heavy atom. The molecule has 14 heavy (non-hydrogen) atoms. The van der Waals surface area contributed by atoms with E-state index in [0.29, 0.717) is 12.6 Å². The number of nitrogens with zero attached hydrogens (tertiary/aromatic N) is 1. The van der Waals surface area contributed by atoms with Gasteiger partial charge < -0.3 is 0 Å². The fraction of sp³-hybridized carbons (Fsp3) is 0.333. The predicted octanol–water partition coefficient (Wildman–Crippen LogP) is 3.08. The highest BCUT2D eigenvalue weighted by Crippen LogP contribution is 2.20. The average molecular weight is 252 g/mol. The predicted molar refractivity (Wildman–Crippen MR) is 64.0 cm³/mol. The van der Waals surface area contributed by atoms with E-state index >= 15 is 0 Å². The number of hydrogen-bond donors (Lipinski definition) is 0. The van der Waals surface area contributed by atoms with Crippen LogP contribution in [0.3, 0.4) is 0 Å². The summed E-state index contributed by atoms with van der Waals surface area (Å²) in [5.41, 5.74) is 1.28. The lowest BCUT2D eigenvalue weighted by Crippen LogP contribution is -2.22. The molecule has 0 amide bonds. The van der Waals surface area contributed by atoms with E-state index in [4.69, 9.17) is 6.42 Å². The molecule has 74 valence electrons. The van der Waals surface area contributed by atoms with Crippen LogP contribution in [0.25, 0.3) is 0 Å². The van der Waals surface area contributed by atoms with Crippen LogP contribution in [0.5, 0.6) is 0 Å². The number of benzene rings is 1. The molecule has 0 aliphatic heterocycles. The Kier molecular flexibility index (Phi) is 4.19. The van der Waals surface area contributed by atoms with E-state index in [-0.39, 0.29) is 0 Å². The molecule has 2 heteroatoms. The topological polar surface area (TPSA) is 3.24 Å². The maximum absolute atomic E-state index is 5.27. The molecule has 1 nitrogen and oxygen atoms in total. The quantitative estimate of drug-likeness (QED) is 0.747. The van der Waals surface area contributed by atoms with Crippen molar-refractivity contribution in [3.8, 4) is 12.3 Å². The van der Waals surface area contributed by atoms with Crippen LogP contribution in [-0.4, -0.2) is 18.5 Å². The third-order valence-electron chi connectivity index (χ3n) is 2.35. The van der Waals surface area contributed by atoms with Crippen LogP contribution >= 0.6 is 15.9 Å². The SMILES string of the molecule is C#CCN(C)C(C)c1ccc(Br)cc1. The highest BCUT2D eigenvalue weighted by Gasteiger charge is 2.09. The van der Waals surface area contributed by atoms with Gasteiger partial charge in [0.05, 0.1) is 6.54 Å². The summed E-state index contributed by atoms with van der Waals surface area (Å²) in [5.74, 6) is 2.65. The van der Waals surface area contributed by atoms with Gasteiger partial charge in [0.25, 0.3) is 0 Å². The van der Waals surface area contributed by atoms with Crippen LogP contribution in [0.2, 0.25) is 0 Å². The third-order valence-corrected chi connectivity index (χ3v) is 2.88. The molecule has 0 aliphatic rings. The van der Waals surface area contributed by atoms with Crippen LogP contribution in [0.4, 0.5) is 0 Å². The van der Waals surface area contributed by atoms with Gasteiger partial charge >= 0.3 is 0 Å². The monoisotopic (exact) mass is 251 g/mol. The number of rotatable bonds is 3. The van der Waals surface area contributed by atoms with Gasteiger partial charge in [-0.25, -0.2) is 0 Å². The van der Waals surface area contributed by atoms with Crippen molar-refractivity contribution in [3.05, 3.63) is 34.3 Å². The van der Waals surface area contributed by atoms with Gasteiger partial charge in [-0.15, -0.1) is 6.42 Å². The summed E-state index contributed by atoms with van der Waals surface area (Å²) in [6.45, 7) is 2.83. The number of hydrogen-bond acceptors (Lipinski definition) is 1. The minimum absolute atomic E-state index is 0.360. The summed E-state index contributed by atoms with van der Waals surface area (Å²) in [7, 11) is 2.03. The van der Waals surface area contributed by atoms with Crippen LogP contribution in [0.1, 0.15) is 18.5 Å². The van der Waals surface area contributed by atoms with Gasteiger partial charge in [0, 0.05) is 10.5 Å². The Labute approximate surface area is 94.2 Å². The van der Waals surface area contributed by atoms with E-state index in [1.165, 1.54) is 5.56 Å². The molecule has 0 heterocycles. The first-order valence-corrected chi connectivity index (χ1v) is 5.33. The fourth-order valence-corrected chi connectivity index (χ4v) is 1.54. The fourth-order valence-electron chi connectivity index (χ4n) is 1.28. The molecule has 0 bridgehead atoms. The van der Waals surface area contributed by atoms with E-state index in [1.54, 1.807) is 0 Å². The molecule has 0 fully saturated rings. The van der Waals surface area contributed by atoms with Crippen molar-refractivity contribution in [3.63, 3.8) is 0 Å². The summed E-state index contributed by atoms with van der Waals surface area (Å²) >= 11 is 3.42. The Hall–Kier alpha value is -0.780. The van der Waals surface area contributed by atoms with E-state index in [9.17, 15) is 0 Å². The number of terminal acetylenes is 1. The molecule has 1 atom stereocenters. The largest absolute Gasteiger partial charge is 0.289 e. The zero-order valence-corrected chi connectivity index (χ0v) is 10.1. The van der Waals surface area contributed by atoms with Crippen LogP contribution in [0.15, 0.2) is 28.7 Å². The molecular formula is C12H14BrN. The molecule has 0 radical (unpaired) electrons. The molecular weight excluding hydrogens is 238 g/mol. The first-order valence-electron chi connectivity index (χ1n) is 4.54. The van der Waals surface area contributed by atoms with Crippen molar-refractivity contribution in [2.75, 3.05) is 13.6 Å². The highest BCUT2D eigenvalue weighted by atomic mass is 79.9. The molecule has 0 spiro atoms. The first kappa shape index (κ1) is 11.3. The van der Waals surface area contributed by atoms with Crippen molar-refractivity contribution < 1.29 is 0 Å². The van der Waals surface area contributed by atoms with Gasteiger partial charge in [0.15, 0.2) is 0 Å². The summed E-state index contributed by atoms with van der Waals surface area (Å²) in [6, 6.07) is 8.69. The van der Waals surface area contributed by atoms with Crippen molar-refractivity contribution in [2.45, 2.75) is 13.0 Å². The van der Waals surface area contributed by atoms with Crippen LogP contribution in [-0.2, 0) is 0 Å². The van der Waals surface area contributed by atoms with E-state index in [1.807, 2.05) is 7.05 Å². The van der Waals surface area contributed by atoms with Crippen LogP contribution in [0, 0.1) is 12.3 Å². The Balaban J connectivity index is 2.74. The van der Waals surface area contributed by atoms with Gasteiger partial charge in [-0.3, -0.25) is 4.90 Å². The second kappa shape index (κ2) is 5.19. The lowest BCUT2D eigenvalue weighted by atomic mass is 10.1. The van der Waals surface area contributed by atoms with Gasteiger partial charge in [-0.1, -0.05) is 34.0 Å². The molecule has 0 N–H and O–H groups in total. The average Bonchev–Trinajstić information content (AvgIpc) is 2.18. The van der Waals surface area contributed by atoms with Crippen molar-refractivity contribution in [1.82, 2.24) is 4.90 Å². The minimum Gasteiger partial charge on any atom is -0.289 e. The van der Waals surface area contributed by atoms with E-state index in [0.717, 1.165) is 4.47 Å². The second-order valence-corrected chi connectivity index (χ2v) is 4.26. The van der Waals surface area contributed by atoms with Crippen molar-refractivity contribution in [2.24, 2.45) is 0 Å². The zero-order chi connectivity index (χ0) is 10.6. The molecule has 0 aromatic heterocycles. The molecule has 1 aromatic carbocycles. The molecule has 0 aliphatic carbocycles. The van der Waals surface area contributed by atoms with Gasteiger partial charge in [0.2, 0.25) is 0 Å². The second-order valence-electron chi connectivity index (χ2n) is 3.35. The molecule has 1 unspecified atom stereocenters. The molecule has 0 saturated heterocycles.